The van der Waals surface area contributed by atoms with Crippen LogP contribution in [0.1, 0.15) is 20.8 Å². The summed E-state index contributed by atoms with van der Waals surface area (Å²) in [5, 5.41) is 1.21. The van der Waals surface area contributed by atoms with Gasteiger partial charge in [0.25, 0.3) is 5.91 Å². The van der Waals surface area contributed by atoms with Crippen LogP contribution in [-0.4, -0.2) is 28.2 Å². The molecule has 2 heterocycles. The third-order valence-electron chi connectivity index (χ3n) is 3.99. The first kappa shape index (κ1) is 18.3. The van der Waals surface area contributed by atoms with Crippen molar-refractivity contribution in [2.24, 2.45) is 0 Å². The zero-order valence-electron chi connectivity index (χ0n) is 14.5. The number of allylic oxidation sites excluding steroid dienone is 4. The molecule has 0 atom stereocenters. The van der Waals surface area contributed by atoms with Gasteiger partial charge in [0.05, 0.1) is 15.6 Å². The van der Waals surface area contributed by atoms with E-state index in [0.29, 0.717) is 15.8 Å². The number of carbonyl (C=O) groups is 1. The van der Waals surface area contributed by atoms with Crippen LogP contribution in [-0.2, 0) is 4.79 Å². The van der Waals surface area contributed by atoms with Crippen molar-refractivity contribution in [3.63, 3.8) is 0 Å². The number of likely N-dealkylation sites (N-methyl/N-ethyl adjacent to an activating group) is 1. The van der Waals surface area contributed by atoms with Gasteiger partial charge in [-0.15, -0.1) is 0 Å². The summed E-state index contributed by atoms with van der Waals surface area (Å²) < 4.78 is 0.641. The van der Waals surface area contributed by atoms with Crippen LogP contribution in [0.15, 0.2) is 62.9 Å². The summed E-state index contributed by atoms with van der Waals surface area (Å²) >= 11 is 8.40. The van der Waals surface area contributed by atoms with E-state index >= 15 is 0 Å². The number of anilines is 1. The second kappa shape index (κ2) is 7.81. The monoisotopic (exact) mass is 388 g/mol. The summed E-state index contributed by atoms with van der Waals surface area (Å²) in [4.78, 5) is 18.2. The molecule has 3 rings (SSSR count). The fourth-order valence-corrected chi connectivity index (χ4v) is 5.29. The van der Waals surface area contributed by atoms with E-state index in [2.05, 4.69) is 49.1 Å². The Morgan fingerprint density at radius 1 is 1.16 bits per heavy atom. The van der Waals surface area contributed by atoms with Gasteiger partial charge in [0.1, 0.15) is 4.32 Å². The number of hydrogen-bond acceptors (Lipinski definition) is 5. The Hall–Kier alpha value is -1.50. The van der Waals surface area contributed by atoms with E-state index in [1.807, 2.05) is 19.1 Å². The molecule has 0 N–H and O–H groups in total. The van der Waals surface area contributed by atoms with Crippen LogP contribution >= 0.6 is 35.7 Å². The van der Waals surface area contributed by atoms with Gasteiger partial charge >= 0.3 is 0 Å². The molecule has 0 bridgehead atoms. The lowest BCUT2D eigenvalue weighted by molar-refractivity contribution is -0.122. The van der Waals surface area contributed by atoms with Gasteiger partial charge < -0.3 is 4.90 Å². The molecule has 0 saturated carbocycles. The van der Waals surface area contributed by atoms with Crippen molar-refractivity contribution in [3.05, 3.63) is 58.0 Å². The minimum atomic E-state index is 0.00651. The number of thioether (sulfide) groups is 2. The van der Waals surface area contributed by atoms with E-state index in [1.165, 1.54) is 27.4 Å². The molecule has 1 fully saturated rings. The first-order valence-electron chi connectivity index (χ1n) is 8.23. The van der Waals surface area contributed by atoms with Gasteiger partial charge in [-0.05, 0) is 50.6 Å². The second-order valence-electron chi connectivity index (χ2n) is 5.66. The lowest BCUT2D eigenvalue weighted by Gasteiger charge is -2.17. The van der Waals surface area contributed by atoms with Crippen molar-refractivity contribution in [2.75, 3.05) is 18.0 Å². The van der Waals surface area contributed by atoms with Crippen LogP contribution in [0.2, 0.25) is 0 Å². The number of amides is 1. The highest BCUT2D eigenvalue weighted by molar-refractivity contribution is 8.26. The van der Waals surface area contributed by atoms with E-state index in [0.717, 1.165) is 12.1 Å². The Kier molecular flexibility index (Phi) is 5.71. The third kappa shape index (κ3) is 3.71. The lowest BCUT2D eigenvalue weighted by Crippen LogP contribution is -2.27. The molecule has 1 saturated heterocycles. The van der Waals surface area contributed by atoms with E-state index < -0.39 is 0 Å². The molecule has 1 aromatic carbocycles. The predicted molar refractivity (Wildman–Crippen MR) is 113 cm³/mol. The molecular weight excluding hydrogens is 368 g/mol. The molecule has 1 amide bonds. The molecule has 0 aromatic heterocycles. The van der Waals surface area contributed by atoms with Crippen LogP contribution in [0.3, 0.4) is 0 Å². The van der Waals surface area contributed by atoms with E-state index in [-0.39, 0.29) is 5.91 Å². The first-order chi connectivity index (χ1) is 12.0. The Morgan fingerprint density at radius 3 is 2.56 bits per heavy atom. The Bertz CT molecular complexity index is 811. The Morgan fingerprint density at radius 2 is 1.88 bits per heavy atom. The normalized spacial score (nSPS) is 21.0. The van der Waals surface area contributed by atoms with Crippen molar-refractivity contribution in [3.8, 4) is 0 Å². The number of carbonyl (C=O) groups excluding carboxylic acids is 1. The van der Waals surface area contributed by atoms with E-state index in [9.17, 15) is 4.79 Å². The van der Waals surface area contributed by atoms with Gasteiger partial charge in [-0.2, -0.15) is 0 Å². The average Bonchev–Trinajstić information content (AvgIpc) is 3.08. The molecular formula is C19H20N2OS3. The molecule has 0 aliphatic carbocycles. The number of fused-ring (bicyclic) bond motifs is 1. The Balaban J connectivity index is 1.80. The van der Waals surface area contributed by atoms with Gasteiger partial charge in [-0.1, -0.05) is 54.0 Å². The zero-order chi connectivity index (χ0) is 18.0. The summed E-state index contributed by atoms with van der Waals surface area (Å²) in [6, 6.07) is 8.45. The molecule has 25 heavy (non-hydrogen) atoms. The average molecular weight is 389 g/mol. The van der Waals surface area contributed by atoms with Crippen molar-refractivity contribution < 1.29 is 4.79 Å². The molecule has 6 heteroatoms. The van der Waals surface area contributed by atoms with Crippen LogP contribution in [0.25, 0.3) is 0 Å². The van der Waals surface area contributed by atoms with E-state index in [4.69, 9.17) is 12.2 Å². The molecule has 130 valence electrons. The van der Waals surface area contributed by atoms with Crippen molar-refractivity contribution in [1.82, 2.24) is 4.90 Å². The molecule has 1 aromatic rings. The number of hydrogen-bond donors (Lipinski definition) is 0. The number of thiocarbonyl (C=S) groups is 1. The summed E-state index contributed by atoms with van der Waals surface area (Å²) in [5.41, 5.74) is 2.37. The summed E-state index contributed by atoms with van der Waals surface area (Å²) in [5.74, 6) is 0.00651. The first-order valence-corrected chi connectivity index (χ1v) is 10.3. The Labute approximate surface area is 162 Å². The van der Waals surface area contributed by atoms with Gasteiger partial charge in [-0.3, -0.25) is 9.69 Å². The maximum atomic E-state index is 12.2. The van der Waals surface area contributed by atoms with Crippen molar-refractivity contribution in [1.29, 1.82) is 0 Å². The molecule has 2 aliphatic heterocycles. The zero-order valence-corrected chi connectivity index (χ0v) is 16.9. The largest absolute Gasteiger partial charge is 0.335 e. The standard InChI is InChI=1S/C19H20N2OS3/c1-4-20-14-8-6-7-9-15(14)24-17(20)12-13(3)10-11-16-18(22)21(5-2)19(23)25-16/h6-12H,4-5H2,1-3H3/b13-10+,16-11-,17-12-. The topological polar surface area (TPSA) is 23.6 Å². The van der Waals surface area contributed by atoms with Crippen LogP contribution < -0.4 is 4.90 Å². The number of nitrogens with zero attached hydrogens (tertiary/aromatic N) is 2. The quantitative estimate of drug-likeness (QED) is 0.523. The molecule has 0 radical (unpaired) electrons. The fraction of sp³-hybridized carbons (Fsp3) is 0.263. The lowest BCUT2D eigenvalue weighted by atomic mass is 10.2. The fourth-order valence-electron chi connectivity index (χ4n) is 2.72. The molecule has 3 nitrogen and oxygen atoms in total. The molecule has 0 spiro atoms. The smallest absolute Gasteiger partial charge is 0.266 e. The SMILES string of the molecule is CCN1C(=O)/C(=C/C=C(C)/C=C2\Sc3ccccc3N2CC)SC1=S. The maximum Gasteiger partial charge on any atom is 0.266 e. The summed E-state index contributed by atoms with van der Waals surface area (Å²) in [6.45, 7) is 7.70. The highest BCUT2D eigenvalue weighted by atomic mass is 32.2. The van der Waals surface area contributed by atoms with Gasteiger partial charge in [0.2, 0.25) is 0 Å². The highest BCUT2D eigenvalue weighted by Gasteiger charge is 2.30. The van der Waals surface area contributed by atoms with Crippen LogP contribution in [0, 0.1) is 0 Å². The molecule has 0 unspecified atom stereocenters. The molecule has 2 aliphatic rings. The van der Waals surface area contributed by atoms with E-state index in [1.54, 1.807) is 16.7 Å². The number of rotatable bonds is 4. The second-order valence-corrected chi connectivity index (χ2v) is 8.39. The third-order valence-corrected chi connectivity index (χ3v) is 6.50. The number of benzene rings is 1. The minimum absolute atomic E-state index is 0.00651. The maximum absolute atomic E-state index is 12.2. The highest BCUT2D eigenvalue weighted by Crippen LogP contribution is 2.45. The number of para-hydroxylation sites is 1. The van der Waals surface area contributed by atoms with Gasteiger partial charge in [0, 0.05) is 18.0 Å². The minimum Gasteiger partial charge on any atom is -0.335 e. The van der Waals surface area contributed by atoms with Gasteiger partial charge in [-0.25, -0.2) is 0 Å². The summed E-state index contributed by atoms with van der Waals surface area (Å²) in [6.07, 6.45) is 6.04. The van der Waals surface area contributed by atoms with Crippen molar-refractivity contribution >= 4 is 51.7 Å². The van der Waals surface area contributed by atoms with Crippen LogP contribution in [0.5, 0.6) is 0 Å². The van der Waals surface area contributed by atoms with Crippen LogP contribution in [0.4, 0.5) is 5.69 Å². The summed E-state index contributed by atoms with van der Waals surface area (Å²) in [7, 11) is 0. The van der Waals surface area contributed by atoms with Crippen molar-refractivity contribution in [2.45, 2.75) is 25.7 Å². The van der Waals surface area contributed by atoms with Gasteiger partial charge in [0.15, 0.2) is 0 Å². The predicted octanol–water partition coefficient (Wildman–Crippen LogP) is 5.17.